The van der Waals surface area contributed by atoms with E-state index < -0.39 is 0 Å². The predicted molar refractivity (Wildman–Crippen MR) is 86.1 cm³/mol. The number of benzene rings is 2. The summed E-state index contributed by atoms with van der Waals surface area (Å²) in [6, 6.07) is 18.3. The lowest BCUT2D eigenvalue weighted by atomic mass is 9.97. The summed E-state index contributed by atoms with van der Waals surface area (Å²) in [5.41, 5.74) is 3.53. The van der Waals surface area contributed by atoms with E-state index in [1.807, 2.05) is 25.1 Å². The molecule has 0 fully saturated rings. The van der Waals surface area contributed by atoms with Crippen molar-refractivity contribution in [3.8, 4) is 0 Å². The molecule has 0 saturated heterocycles. The topological polar surface area (TPSA) is 41.1 Å². The summed E-state index contributed by atoms with van der Waals surface area (Å²) in [6.45, 7) is 3.95. The van der Waals surface area contributed by atoms with E-state index in [2.05, 4.69) is 54.0 Å². The van der Waals surface area contributed by atoms with Crippen LogP contribution in [0.25, 0.3) is 0 Å². The van der Waals surface area contributed by atoms with E-state index in [4.69, 9.17) is 0 Å². The number of aryl methyl sites for hydroxylation is 1. The van der Waals surface area contributed by atoms with Gasteiger partial charge >= 0.3 is 0 Å². The van der Waals surface area contributed by atoms with Crippen LogP contribution in [-0.2, 0) is 4.79 Å². The van der Waals surface area contributed by atoms with Gasteiger partial charge in [-0.15, -0.1) is 0 Å². The number of rotatable bonds is 5. The normalized spacial score (nSPS) is 13.5. The molecule has 0 aliphatic heterocycles. The molecule has 3 heteroatoms. The first-order valence-corrected chi connectivity index (χ1v) is 7.21. The largest absolute Gasteiger partial charge is 0.358 e. The molecular weight excluding hydrogens is 260 g/mol. The number of carbonyl (C=O) groups excluding carboxylic acids is 1. The zero-order valence-electron chi connectivity index (χ0n) is 12.8. The van der Waals surface area contributed by atoms with Crippen molar-refractivity contribution in [1.29, 1.82) is 0 Å². The quantitative estimate of drug-likeness (QED) is 0.885. The highest BCUT2D eigenvalue weighted by atomic mass is 16.2. The van der Waals surface area contributed by atoms with Gasteiger partial charge in [0, 0.05) is 7.05 Å². The highest BCUT2D eigenvalue weighted by Crippen LogP contribution is 2.23. The van der Waals surface area contributed by atoms with Crippen LogP contribution in [-0.4, -0.2) is 19.0 Å². The standard InChI is InChI=1S/C18H22N2O/c1-13-9-11-16(12-10-13)17(15-7-5-4-6-8-15)20-14(2)18(21)19-3/h4-12,14,17,20H,1-3H3,(H,19,21)/t14-,17+/m1/s1. The Kier molecular flexibility index (Phi) is 5.12. The van der Waals surface area contributed by atoms with Gasteiger partial charge in [0.25, 0.3) is 0 Å². The molecule has 0 spiro atoms. The zero-order valence-corrected chi connectivity index (χ0v) is 12.8. The average molecular weight is 282 g/mol. The molecule has 1 amide bonds. The molecule has 0 aliphatic carbocycles. The van der Waals surface area contributed by atoms with Crippen molar-refractivity contribution in [2.75, 3.05) is 7.05 Å². The second-order valence-corrected chi connectivity index (χ2v) is 5.26. The Morgan fingerprint density at radius 3 is 2.10 bits per heavy atom. The Balaban J connectivity index is 2.31. The van der Waals surface area contributed by atoms with Gasteiger partial charge in [0.1, 0.15) is 0 Å². The molecule has 0 bridgehead atoms. The minimum atomic E-state index is -0.262. The maximum absolute atomic E-state index is 11.8. The minimum Gasteiger partial charge on any atom is -0.358 e. The molecular formula is C18H22N2O. The van der Waals surface area contributed by atoms with Gasteiger partial charge in [0.05, 0.1) is 12.1 Å². The van der Waals surface area contributed by atoms with Crippen LogP contribution in [0, 0.1) is 6.92 Å². The summed E-state index contributed by atoms with van der Waals surface area (Å²) in [4.78, 5) is 11.8. The summed E-state index contributed by atoms with van der Waals surface area (Å²) in [5.74, 6) is -0.0111. The Hall–Kier alpha value is -2.13. The Morgan fingerprint density at radius 2 is 1.52 bits per heavy atom. The van der Waals surface area contributed by atoms with Crippen LogP contribution in [0.15, 0.2) is 54.6 Å². The molecule has 2 N–H and O–H groups in total. The molecule has 0 unspecified atom stereocenters. The third-order valence-corrected chi connectivity index (χ3v) is 3.60. The van der Waals surface area contributed by atoms with Crippen LogP contribution in [0.5, 0.6) is 0 Å². The first-order valence-electron chi connectivity index (χ1n) is 7.21. The zero-order chi connectivity index (χ0) is 15.2. The van der Waals surface area contributed by atoms with Crippen LogP contribution in [0.4, 0.5) is 0 Å². The fourth-order valence-electron chi connectivity index (χ4n) is 2.33. The molecule has 0 saturated carbocycles. The summed E-state index contributed by atoms with van der Waals surface area (Å²) in [7, 11) is 1.66. The molecule has 0 aliphatic rings. The number of carbonyl (C=O) groups is 1. The minimum absolute atomic E-state index is 0.000833. The molecule has 21 heavy (non-hydrogen) atoms. The van der Waals surface area contributed by atoms with E-state index in [0.717, 1.165) is 11.1 Å². The van der Waals surface area contributed by atoms with Gasteiger partial charge in [-0.2, -0.15) is 0 Å². The lowest BCUT2D eigenvalue weighted by molar-refractivity contribution is -0.122. The number of hydrogen-bond acceptors (Lipinski definition) is 2. The molecule has 0 heterocycles. The van der Waals surface area contributed by atoms with Crippen LogP contribution < -0.4 is 10.6 Å². The van der Waals surface area contributed by atoms with Crippen LogP contribution in [0.2, 0.25) is 0 Å². The monoisotopic (exact) mass is 282 g/mol. The summed E-state index contributed by atoms with van der Waals surface area (Å²) in [5, 5.41) is 6.09. The molecule has 0 radical (unpaired) electrons. The van der Waals surface area contributed by atoms with E-state index in [1.165, 1.54) is 5.56 Å². The maximum atomic E-state index is 11.8. The number of amides is 1. The van der Waals surface area contributed by atoms with Crippen LogP contribution in [0.3, 0.4) is 0 Å². The fourth-order valence-corrected chi connectivity index (χ4v) is 2.33. The van der Waals surface area contributed by atoms with Crippen molar-refractivity contribution < 1.29 is 4.79 Å². The van der Waals surface area contributed by atoms with Crippen molar-refractivity contribution in [3.05, 3.63) is 71.3 Å². The third kappa shape index (κ3) is 3.92. The Morgan fingerprint density at radius 1 is 0.952 bits per heavy atom. The predicted octanol–water partition coefficient (Wildman–Crippen LogP) is 2.81. The Bertz CT molecular complexity index is 578. The maximum Gasteiger partial charge on any atom is 0.236 e. The number of hydrogen-bond donors (Lipinski definition) is 2. The second kappa shape index (κ2) is 7.04. The summed E-state index contributed by atoms with van der Waals surface area (Å²) in [6.07, 6.45) is 0. The average Bonchev–Trinajstić information content (AvgIpc) is 2.53. The SMILES string of the molecule is CNC(=O)[C@@H](C)N[C@@H](c1ccccc1)c1ccc(C)cc1. The van der Waals surface area contributed by atoms with Crippen molar-refractivity contribution >= 4 is 5.91 Å². The van der Waals surface area contributed by atoms with Gasteiger partial charge in [-0.3, -0.25) is 10.1 Å². The molecule has 3 nitrogen and oxygen atoms in total. The van der Waals surface area contributed by atoms with Crippen molar-refractivity contribution in [2.45, 2.75) is 25.9 Å². The fraction of sp³-hybridized carbons (Fsp3) is 0.278. The first-order chi connectivity index (χ1) is 10.1. The smallest absolute Gasteiger partial charge is 0.236 e. The van der Waals surface area contributed by atoms with Gasteiger partial charge in [0.15, 0.2) is 0 Å². The molecule has 110 valence electrons. The van der Waals surface area contributed by atoms with Gasteiger partial charge in [-0.1, -0.05) is 60.2 Å². The van der Waals surface area contributed by atoms with E-state index in [0.29, 0.717) is 0 Å². The second-order valence-electron chi connectivity index (χ2n) is 5.26. The van der Waals surface area contributed by atoms with Crippen LogP contribution >= 0.6 is 0 Å². The Labute approximate surface area is 126 Å². The number of likely N-dealkylation sites (N-methyl/N-ethyl adjacent to an activating group) is 1. The lowest BCUT2D eigenvalue weighted by Crippen LogP contribution is -2.42. The van der Waals surface area contributed by atoms with Gasteiger partial charge in [-0.25, -0.2) is 0 Å². The van der Waals surface area contributed by atoms with E-state index in [1.54, 1.807) is 7.05 Å². The lowest BCUT2D eigenvalue weighted by Gasteiger charge is -2.23. The van der Waals surface area contributed by atoms with Crippen molar-refractivity contribution in [1.82, 2.24) is 10.6 Å². The number of nitrogens with one attached hydrogen (secondary N) is 2. The third-order valence-electron chi connectivity index (χ3n) is 3.60. The highest BCUT2D eigenvalue weighted by molar-refractivity contribution is 5.81. The molecule has 2 aromatic rings. The van der Waals surface area contributed by atoms with E-state index >= 15 is 0 Å². The van der Waals surface area contributed by atoms with Gasteiger partial charge < -0.3 is 5.32 Å². The van der Waals surface area contributed by atoms with Crippen LogP contribution in [0.1, 0.15) is 29.7 Å². The highest BCUT2D eigenvalue weighted by Gasteiger charge is 2.19. The van der Waals surface area contributed by atoms with E-state index in [-0.39, 0.29) is 18.0 Å². The summed E-state index contributed by atoms with van der Waals surface area (Å²) < 4.78 is 0. The molecule has 2 aromatic carbocycles. The molecule has 0 aromatic heterocycles. The van der Waals surface area contributed by atoms with E-state index in [9.17, 15) is 4.79 Å². The summed E-state index contributed by atoms with van der Waals surface area (Å²) >= 11 is 0. The molecule has 2 atom stereocenters. The van der Waals surface area contributed by atoms with Gasteiger partial charge in [0.2, 0.25) is 5.91 Å². The molecule has 2 rings (SSSR count). The van der Waals surface area contributed by atoms with Crippen molar-refractivity contribution in [3.63, 3.8) is 0 Å². The first kappa shape index (κ1) is 15.3. The van der Waals surface area contributed by atoms with Gasteiger partial charge in [-0.05, 0) is 25.0 Å². The van der Waals surface area contributed by atoms with Crippen molar-refractivity contribution in [2.24, 2.45) is 0 Å².